The van der Waals surface area contributed by atoms with E-state index < -0.39 is 0 Å². The van der Waals surface area contributed by atoms with Gasteiger partial charge in [-0.05, 0) is 78.4 Å². The highest BCUT2D eigenvalue weighted by Gasteiger charge is 2.22. The van der Waals surface area contributed by atoms with Gasteiger partial charge in [-0.25, -0.2) is 9.97 Å². The summed E-state index contributed by atoms with van der Waals surface area (Å²) < 4.78 is 11.5. The Morgan fingerprint density at radius 3 is 1.78 bits per heavy atom. The predicted octanol–water partition coefficient (Wildman–Crippen LogP) is 13.1. The van der Waals surface area contributed by atoms with Crippen molar-refractivity contribution in [3.8, 4) is 33.9 Å². The molecular formula is C50H30N4O. The fourth-order valence-corrected chi connectivity index (χ4v) is 8.68. The molecule has 5 heterocycles. The average molecular weight is 703 g/mol. The summed E-state index contributed by atoms with van der Waals surface area (Å²) in [6.45, 7) is 0. The van der Waals surface area contributed by atoms with Crippen molar-refractivity contribution in [3.63, 3.8) is 0 Å². The maximum atomic E-state index is 6.82. The Balaban J connectivity index is 1.13. The topological polar surface area (TPSA) is 48.8 Å². The molecule has 0 atom stereocenters. The molecule has 0 spiro atoms. The summed E-state index contributed by atoms with van der Waals surface area (Å²) >= 11 is 0. The molecule has 12 aromatic rings. The number of pyridine rings is 2. The van der Waals surface area contributed by atoms with Crippen LogP contribution in [0.1, 0.15) is 0 Å². The van der Waals surface area contributed by atoms with E-state index in [0.717, 1.165) is 94.1 Å². The highest BCUT2D eigenvalue weighted by atomic mass is 16.3. The van der Waals surface area contributed by atoms with Crippen LogP contribution in [0.15, 0.2) is 186 Å². The molecule has 55 heavy (non-hydrogen) atoms. The van der Waals surface area contributed by atoms with E-state index in [1.54, 1.807) is 0 Å². The molecule has 0 unspecified atom stereocenters. The zero-order valence-electron chi connectivity index (χ0n) is 29.5. The lowest BCUT2D eigenvalue weighted by atomic mass is 9.98. The second-order valence-electron chi connectivity index (χ2n) is 14.2. The molecule has 0 amide bonds. The summed E-state index contributed by atoms with van der Waals surface area (Å²) in [5.74, 6) is 0.828. The zero-order chi connectivity index (χ0) is 36.0. The summed E-state index contributed by atoms with van der Waals surface area (Å²) in [6.07, 6.45) is 0. The van der Waals surface area contributed by atoms with Gasteiger partial charge in [0.15, 0.2) is 5.65 Å². The van der Waals surface area contributed by atoms with Crippen LogP contribution in [0.4, 0.5) is 0 Å². The lowest BCUT2D eigenvalue weighted by Gasteiger charge is -2.15. The number of furan rings is 1. The molecule has 0 saturated heterocycles. The van der Waals surface area contributed by atoms with E-state index in [0.29, 0.717) is 5.65 Å². The molecule has 7 aromatic carbocycles. The summed E-state index contributed by atoms with van der Waals surface area (Å²) in [7, 11) is 0. The van der Waals surface area contributed by atoms with E-state index in [1.165, 1.54) is 10.8 Å². The van der Waals surface area contributed by atoms with Gasteiger partial charge in [0.05, 0.1) is 33.4 Å². The van der Waals surface area contributed by atoms with Gasteiger partial charge in [0, 0.05) is 48.8 Å². The molecular weight excluding hydrogens is 673 g/mol. The van der Waals surface area contributed by atoms with Crippen LogP contribution in [0.5, 0.6) is 0 Å². The molecule has 5 nitrogen and oxygen atoms in total. The lowest BCUT2D eigenvalue weighted by Crippen LogP contribution is -1.99. The summed E-state index contributed by atoms with van der Waals surface area (Å²) in [5, 5.41) is 7.95. The van der Waals surface area contributed by atoms with Gasteiger partial charge in [-0.15, -0.1) is 0 Å². The van der Waals surface area contributed by atoms with E-state index in [9.17, 15) is 0 Å². The number of hydrogen-bond donors (Lipinski definition) is 0. The highest BCUT2D eigenvalue weighted by molar-refractivity contribution is 6.16. The number of hydrogen-bond acceptors (Lipinski definition) is 3. The molecule has 256 valence electrons. The van der Waals surface area contributed by atoms with Crippen LogP contribution in [0.25, 0.3) is 110 Å². The molecule has 0 bridgehead atoms. The zero-order valence-corrected chi connectivity index (χ0v) is 29.5. The summed E-state index contributed by atoms with van der Waals surface area (Å²) in [5.41, 5.74) is 12.1. The average Bonchev–Trinajstić information content (AvgIpc) is 3.91. The van der Waals surface area contributed by atoms with Gasteiger partial charge in [-0.2, -0.15) is 0 Å². The molecule has 0 aliphatic heterocycles. The van der Waals surface area contributed by atoms with Gasteiger partial charge in [0.1, 0.15) is 17.0 Å². The molecule has 5 heteroatoms. The van der Waals surface area contributed by atoms with Crippen LogP contribution in [-0.2, 0) is 0 Å². The Kier molecular flexibility index (Phi) is 6.27. The number of benzene rings is 7. The third-order valence-electron chi connectivity index (χ3n) is 11.1. The van der Waals surface area contributed by atoms with Crippen molar-refractivity contribution in [1.82, 2.24) is 19.1 Å². The van der Waals surface area contributed by atoms with E-state index in [4.69, 9.17) is 14.4 Å². The van der Waals surface area contributed by atoms with Gasteiger partial charge in [-0.3, -0.25) is 4.57 Å². The van der Waals surface area contributed by atoms with Crippen LogP contribution in [-0.4, -0.2) is 19.1 Å². The Labute approximate surface area is 315 Å². The minimum atomic E-state index is 0.716. The van der Waals surface area contributed by atoms with Crippen LogP contribution in [0.2, 0.25) is 0 Å². The minimum Gasteiger partial charge on any atom is -0.455 e. The summed E-state index contributed by atoms with van der Waals surface area (Å²) in [4.78, 5) is 10.2. The van der Waals surface area contributed by atoms with Crippen molar-refractivity contribution in [2.75, 3.05) is 0 Å². The van der Waals surface area contributed by atoms with Crippen molar-refractivity contribution in [2.45, 2.75) is 0 Å². The normalized spacial score (nSPS) is 12.0. The smallest absolute Gasteiger partial charge is 0.162 e. The largest absolute Gasteiger partial charge is 0.455 e. The molecule has 0 aliphatic rings. The first-order chi connectivity index (χ1) is 27.3. The van der Waals surface area contributed by atoms with E-state index in [-0.39, 0.29) is 0 Å². The molecule has 5 aromatic heterocycles. The van der Waals surface area contributed by atoms with Crippen molar-refractivity contribution in [1.29, 1.82) is 0 Å². The van der Waals surface area contributed by atoms with Crippen LogP contribution in [0, 0.1) is 0 Å². The molecule has 0 radical (unpaired) electrons. The standard InChI is InChI=1S/C50H30N4O/c1-2-12-31(13-3-1)40-26-22-32-24-29-47(52-50(32)51-40)54-43-20-10-6-16-36(43)39-30-33(23-27-44(39)54)48-45(28-25-38-37-17-7-11-21-46(37)55-49(38)48)53-41-18-8-4-14-34(41)35-15-5-9-19-42(35)53/h1-30H. The monoisotopic (exact) mass is 702 g/mol. The fraction of sp³-hybridized carbons (Fsp3) is 0. The number of nitrogens with zero attached hydrogens (tertiary/aromatic N) is 4. The van der Waals surface area contributed by atoms with Crippen LogP contribution in [0.3, 0.4) is 0 Å². The third-order valence-corrected chi connectivity index (χ3v) is 11.1. The quantitative estimate of drug-likeness (QED) is 0.183. The van der Waals surface area contributed by atoms with Gasteiger partial charge in [0.25, 0.3) is 0 Å². The molecule has 0 aliphatic carbocycles. The Bertz CT molecular complexity index is 3440. The van der Waals surface area contributed by atoms with E-state index in [2.05, 4.69) is 167 Å². The number of aromatic nitrogens is 4. The predicted molar refractivity (Wildman–Crippen MR) is 226 cm³/mol. The molecule has 0 fully saturated rings. The third kappa shape index (κ3) is 4.41. The first kappa shape index (κ1) is 30.0. The first-order valence-electron chi connectivity index (χ1n) is 18.6. The van der Waals surface area contributed by atoms with Crippen LogP contribution < -0.4 is 0 Å². The second kappa shape index (κ2) is 11.5. The maximum Gasteiger partial charge on any atom is 0.162 e. The van der Waals surface area contributed by atoms with Gasteiger partial charge >= 0.3 is 0 Å². The van der Waals surface area contributed by atoms with Crippen molar-refractivity contribution in [3.05, 3.63) is 182 Å². The lowest BCUT2D eigenvalue weighted by molar-refractivity contribution is 0.670. The highest BCUT2D eigenvalue weighted by Crippen LogP contribution is 2.44. The Morgan fingerprint density at radius 1 is 0.400 bits per heavy atom. The number of fused-ring (bicyclic) bond motifs is 10. The number of para-hydroxylation sites is 4. The van der Waals surface area contributed by atoms with Crippen molar-refractivity contribution < 1.29 is 4.42 Å². The minimum absolute atomic E-state index is 0.716. The fourth-order valence-electron chi connectivity index (χ4n) is 8.68. The molecule has 0 N–H and O–H groups in total. The maximum absolute atomic E-state index is 6.82. The number of rotatable bonds is 4. The Hall–Kier alpha value is -7.50. The van der Waals surface area contributed by atoms with Gasteiger partial charge in [0.2, 0.25) is 0 Å². The summed E-state index contributed by atoms with van der Waals surface area (Å²) in [6, 6.07) is 64.2. The van der Waals surface area contributed by atoms with E-state index >= 15 is 0 Å². The molecule has 0 saturated carbocycles. The SMILES string of the molecule is c1ccc(-c2ccc3ccc(-n4c5ccccc5c5cc(-c6c(-n7c8ccccc8c8ccccc87)ccc7c6oc6ccccc67)ccc54)nc3n2)cc1. The van der Waals surface area contributed by atoms with E-state index in [1.807, 2.05) is 24.3 Å². The second-order valence-corrected chi connectivity index (χ2v) is 14.2. The van der Waals surface area contributed by atoms with Gasteiger partial charge in [-0.1, -0.05) is 109 Å². The van der Waals surface area contributed by atoms with Gasteiger partial charge < -0.3 is 8.98 Å². The van der Waals surface area contributed by atoms with Crippen molar-refractivity contribution >= 4 is 76.6 Å². The Morgan fingerprint density at radius 2 is 1.02 bits per heavy atom. The first-order valence-corrected chi connectivity index (χ1v) is 18.6. The van der Waals surface area contributed by atoms with Crippen molar-refractivity contribution in [2.24, 2.45) is 0 Å². The molecule has 12 rings (SSSR count). The van der Waals surface area contributed by atoms with Crippen LogP contribution >= 0.6 is 0 Å².